The van der Waals surface area contributed by atoms with Gasteiger partial charge in [0.2, 0.25) is 0 Å². The highest BCUT2D eigenvalue weighted by molar-refractivity contribution is 5.09. The van der Waals surface area contributed by atoms with E-state index in [1.54, 1.807) is 0 Å². The molecule has 2 aliphatic rings. The topological polar surface area (TPSA) is 58.6 Å². The van der Waals surface area contributed by atoms with Crippen molar-refractivity contribution in [3.05, 3.63) is 17.5 Å². The first-order valence-electron chi connectivity index (χ1n) is 10.4. The average Bonchev–Trinajstić information content (AvgIpc) is 3.02. The van der Waals surface area contributed by atoms with Gasteiger partial charge in [-0.1, -0.05) is 13.8 Å². The summed E-state index contributed by atoms with van der Waals surface area (Å²) in [6, 6.07) is 3.39. The second-order valence-corrected chi connectivity index (χ2v) is 8.66. The van der Waals surface area contributed by atoms with E-state index in [0.717, 1.165) is 39.0 Å². The largest absolute Gasteiger partial charge is 0.396 e. The fourth-order valence-corrected chi connectivity index (χ4v) is 4.54. The minimum Gasteiger partial charge on any atom is -0.396 e. The lowest BCUT2D eigenvalue weighted by Gasteiger charge is -2.47. The number of piperazine rings is 1. The molecular formula is C20H37N5O. The zero-order chi connectivity index (χ0) is 18.5. The van der Waals surface area contributed by atoms with Gasteiger partial charge in [0.05, 0.1) is 5.69 Å². The predicted octanol–water partition coefficient (Wildman–Crippen LogP) is 1.57. The Morgan fingerprint density at radius 3 is 2.69 bits per heavy atom. The maximum absolute atomic E-state index is 9.57. The third-order valence-electron chi connectivity index (χ3n) is 5.93. The first kappa shape index (κ1) is 19.8. The Morgan fingerprint density at radius 2 is 2.00 bits per heavy atom. The molecule has 1 aromatic heterocycles. The molecule has 3 heterocycles. The zero-order valence-electron chi connectivity index (χ0n) is 16.8. The number of nitrogens with zero attached hydrogens (tertiary/aromatic N) is 4. The highest BCUT2D eigenvalue weighted by Crippen LogP contribution is 2.23. The van der Waals surface area contributed by atoms with Crippen molar-refractivity contribution in [1.29, 1.82) is 0 Å². The van der Waals surface area contributed by atoms with Crippen molar-refractivity contribution in [2.45, 2.75) is 58.2 Å². The van der Waals surface area contributed by atoms with Crippen LogP contribution in [0.3, 0.4) is 0 Å². The Balaban J connectivity index is 1.56. The molecule has 2 aliphatic heterocycles. The summed E-state index contributed by atoms with van der Waals surface area (Å²) in [5, 5.41) is 17.3. The molecule has 0 amide bonds. The number of likely N-dealkylation sites (tertiary alicyclic amines) is 1. The van der Waals surface area contributed by atoms with Crippen molar-refractivity contribution < 1.29 is 5.11 Å². The summed E-state index contributed by atoms with van der Waals surface area (Å²) >= 11 is 0. The standard InChI is InChI=1S/C20H37N5O/c1-16(2)12-17-13-18(22-21-17)14-24-9-10-25(20(15-24)6-11-26)19-4-7-23(3)8-5-19/h13,16,19-20,26H,4-12,14-15H2,1-3H3,(H,21,22). The number of hydrogen-bond acceptors (Lipinski definition) is 5. The SMILES string of the molecule is CC(C)Cc1cc(CN2CCN(C3CCN(C)CC3)C(CCO)C2)[nH]n1. The Labute approximate surface area is 158 Å². The van der Waals surface area contributed by atoms with E-state index in [1.807, 2.05) is 0 Å². The molecule has 1 aromatic rings. The molecule has 0 aromatic carbocycles. The third-order valence-corrected chi connectivity index (χ3v) is 5.93. The Morgan fingerprint density at radius 1 is 1.23 bits per heavy atom. The van der Waals surface area contributed by atoms with Gasteiger partial charge in [-0.15, -0.1) is 0 Å². The molecule has 0 bridgehead atoms. The Kier molecular flexibility index (Phi) is 7.09. The molecule has 26 heavy (non-hydrogen) atoms. The lowest BCUT2D eigenvalue weighted by Crippen LogP contribution is -2.58. The van der Waals surface area contributed by atoms with Crippen molar-refractivity contribution in [3.63, 3.8) is 0 Å². The van der Waals surface area contributed by atoms with Gasteiger partial charge >= 0.3 is 0 Å². The van der Waals surface area contributed by atoms with Crippen LogP contribution in [0.25, 0.3) is 0 Å². The molecule has 0 radical (unpaired) electrons. The van der Waals surface area contributed by atoms with Crippen LogP contribution in [-0.2, 0) is 13.0 Å². The van der Waals surface area contributed by atoms with E-state index in [2.05, 4.69) is 51.9 Å². The van der Waals surface area contributed by atoms with Crippen LogP contribution in [0.5, 0.6) is 0 Å². The minimum atomic E-state index is 0.282. The van der Waals surface area contributed by atoms with Gasteiger partial charge in [0.15, 0.2) is 0 Å². The van der Waals surface area contributed by atoms with E-state index in [9.17, 15) is 5.11 Å². The number of H-pyrrole nitrogens is 1. The molecule has 2 saturated heterocycles. The fourth-order valence-electron chi connectivity index (χ4n) is 4.54. The molecule has 6 nitrogen and oxygen atoms in total. The maximum atomic E-state index is 9.57. The van der Waals surface area contributed by atoms with Crippen molar-refractivity contribution in [2.75, 3.05) is 46.4 Å². The number of aliphatic hydroxyl groups excluding tert-OH is 1. The van der Waals surface area contributed by atoms with E-state index in [4.69, 9.17) is 0 Å². The normalized spacial score (nSPS) is 24.6. The van der Waals surface area contributed by atoms with E-state index in [1.165, 1.54) is 37.3 Å². The second-order valence-electron chi connectivity index (χ2n) is 8.66. The summed E-state index contributed by atoms with van der Waals surface area (Å²) in [5.41, 5.74) is 2.39. The van der Waals surface area contributed by atoms with Gasteiger partial charge in [-0.2, -0.15) is 5.10 Å². The third kappa shape index (κ3) is 5.28. The van der Waals surface area contributed by atoms with Crippen molar-refractivity contribution in [1.82, 2.24) is 24.9 Å². The number of rotatable bonds is 7. The number of nitrogens with one attached hydrogen (secondary N) is 1. The van der Waals surface area contributed by atoms with Crippen LogP contribution in [0.2, 0.25) is 0 Å². The van der Waals surface area contributed by atoms with Gasteiger partial charge in [0, 0.05) is 50.6 Å². The summed E-state index contributed by atoms with van der Waals surface area (Å²) in [5.74, 6) is 0.637. The van der Waals surface area contributed by atoms with Crippen LogP contribution >= 0.6 is 0 Å². The van der Waals surface area contributed by atoms with Crippen LogP contribution < -0.4 is 0 Å². The first-order chi connectivity index (χ1) is 12.5. The predicted molar refractivity (Wildman–Crippen MR) is 105 cm³/mol. The quantitative estimate of drug-likeness (QED) is 0.770. The molecule has 2 N–H and O–H groups in total. The molecule has 0 saturated carbocycles. The summed E-state index contributed by atoms with van der Waals surface area (Å²) in [6.45, 7) is 11.3. The minimum absolute atomic E-state index is 0.282. The molecule has 0 spiro atoms. The maximum Gasteiger partial charge on any atom is 0.0628 e. The Hall–Kier alpha value is -0.950. The highest BCUT2D eigenvalue weighted by Gasteiger charge is 2.33. The number of aromatic nitrogens is 2. The van der Waals surface area contributed by atoms with Gasteiger partial charge in [-0.3, -0.25) is 14.9 Å². The van der Waals surface area contributed by atoms with Gasteiger partial charge in [-0.25, -0.2) is 0 Å². The molecule has 6 heteroatoms. The summed E-state index contributed by atoms with van der Waals surface area (Å²) < 4.78 is 0. The van der Waals surface area contributed by atoms with E-state index in [0.29, 0.717) is 18.0 Å². The Bertz CT molecular complexity index is 538. The van der Waals surface area contributed by atoms with Crippen LogP contribution in [-0.4, -0.2) is 88.5 Å². The van der Waals surface area contributed by atoms with Crippen LogP contribution in [0.15, 0.2) is 6.07 Å². The van der Waals surface area contributed by atoms with Gasteiger partial charge in [0.1, 0.15) is 0 Å². The molecular weight excluding hydrogens is 326 g/mol. The number of hydrogen-bond donors (Lipinski definition) is 2. The lowest BCUT2D eigenvalue weighted by molar-refractivity contribution is 0.00565. The van der Waals surface area contributed by atoms with Crippen molar-refractivity contribution in [2.24, 2.45) is 5.92 Å². The molecule has 0 aliphatic carbocycles. The van der Waals surface area contributed by atoms with Crippen LogP contribution in [0.4, 0.5) is 0 Å². The fraction of sp³-hybridized carbons (Fsp3) is 0.850. The summed E-state index contributed by atoms with van der Waals surface area (Å²) in [7, 11) is 2.22. The summed E-state index contributed by atoms with van der Waals surface area (Å²) in [4.78, 5) is 7.65. The second kappa shape index (κ2) is 9.31. The number of aliphatic hydroxyl groups is 1. The lowest BCUT2D eigenvalue weighted by atomic mass is 9.98. The molecule has 1 unspecified atom stereocenters. The highest BCUT2D eigenvalue weighted by atomic mass is 16.3. The van der Waals surface area contributed by atoms with Crippen LogP contribution in [0, 0.1) is 5.92 Å². The van der Waals surface area contributed by atoms with E-state index < -0.39 is 0 Å². The van der Waals surface area contributed by atoms with Gasteiger partial charge < -0.3 is 10.0 Å². The molecule has 148 valence electrons. The smallest absolute Gasteiger partial charge is 0.0628 e. The summed E-state index contributed by atoms with van der Waals surface area (Å²) in [6.07, 6.45) is 4.44. The van der Waals surface area contributed by atoms with Crippen LogP contribution in [0.1, 0.15) is 44.5 Å². The average molecular weight is 364 g/mol. The van der Waals surface area contributed by atoms with Gasteiger partial charge in [-0.05, 0) is 57.8 Å². The number of aromatic amines is 1. The van der Waals surface area contributed by atoms with Gasteiger partial charge in [0.25, 0.3) is 0 Å². The van der Waals surface area contributed by atoms with E-state index >= 15 is 0 Å². The monoisotopic (exact) mass is 363 g/mol. The molecule has 3 rings (SSSR count). The number of piperidine rings is 1. The molecule has 1 atom stereocenters. The van der Waals surface area contributed by atoms with E-state index in [-0.39, 0.29) is 6.61 Å². The van der Waals surface area contributed by atoms with Crippen molar-refractivity contribution >= 4 is 0 Å². The first-order valence-corrected chi connectivity index (χ1v) is 10.4. The zero-order valence-corrected chi connectivity index (χ0v) is 16.8. The van der Waals surface area contributed by atoms with Crippen molar-refractivity contribution in [3.8, 4) is 0 Å². The molecule has 2 fully saturated rings.